The first kappa shape index (κ1) is 23.2. The molecule has 1 aromatic heterocycles. The van der Waals surface area contributed by atoms with Crippen molar-refractivity contribution in [2.75, 3.05) is 13.7 Å². The second kappa shape index (κ2) is 9.48. The average Bonchev–Trinajstić information content (AvgIpc) is 3.35. The van der Waals surface area contributed by atoms with Crippen LogP contribution in [-0.2, 0) is 16.0 Å². The molecule has 3 heterocycles. The number of amidine groups is 1. The van der Waals surface area contributed by atoms with Crippen molar-refractivity contribution in [2.24, 2.45) is 4.99 Å². The fourth-order valence-electron chi connectivity index (χ4n) is 3.89. The fourth-order valence-corrected chi connectivity index (χ4v) is 5.09. The molecular formula is C23H24N4O4S2. The summed E-state index contributed by atoms with van der Waals surface area (Å²) in [5.74, 6) is -0.356. The van der Waals surface area contributed by atoms with Gasteiger partial charge >= 0.3 is 5.97 Å². The van der Waals surface area contributed by atoms with Gasteiger partial charge in [-0.25, -0.2) is 14.8 Å². The van der Waals surface area contributed by atoms with Crippen LogP contribution < -0.4 is 21.1 Å². The molecule has 1 amide bonds. The zero-order valence-electron chi connectivity index (χ0n) is 18.6. The molecular weight excluding hydrogens is 460 g/mol. The molecule has 0 bridgehead atoms. The Morgan fingerprint density at radius 2 is 2.06 bits per heavy atom. The van der Waals surface area contributed by atoms with Gasteiger partial charge in [-0.15, -0.1) is 24.0 Å². The van der Waals surface area contributed by atoms with Crippen molar-refractivity contribution >= 4 is 63.8 Å². The van der Waals surface area contributed by atoms with Gasteiger partial charge in [0.1, 0.15) is 10.7 Å². The van der Waals surface area contributed by atoms with E-state index in [-0.39, 0.29) is 11.7 Å². The molecule has 1 aromatic carbocycles. The number of aromatic nitrogens is 1. The van der Waals surface area contributed by atoms with Crippen LogP contribution in [0.4, 0.5) is 5.69 Å². The number of ether oxygens (including phenoxy) is 1. The predicted octanol–water partition coefficient (Wildman–Crippen LogP) is 1.76. The summed E-state index contributed by atoms with van der Waals surface area (Å²) in [4.78, 5) is 47.9. The normalized spacial score (nSPS) is 17.2. The lowest BCUT2D eigenvalue weighted by molar-refractivity contribution is -0.118. The van der Waals surface area contributed by atoms with E-state index in [0.29, 0.717) is 70.0 Å². The number of hydrogen-bond acceptors (Lipinski definition) is 9. The number of methoxy groups -OCH3 is 1. The molecule has 10 heteroatoms. The molecule has 2 aliphatic heterocycles. The van der Waals surface area contributed by atoms with Crippen molar-refractivity contribution in [1.82, 2.24) is 15.6 Å². The van der Waals surface area contributed by atoms with Gasteiger partial charge in [0.05, 0.1) is 34.8 Å². The number of nitrogens with one attached hydrogen (secondary N) is 2. The Hall–Kier alpha value is -2.98. The van der Waals surface area contributed by atoms with E-state index < -0.39 is 5.97 Å². The molecule has 2 aromatic rings. The Labute approximate surface area is 200 Å². The van der Waals surface area contributed by atoms with Gasteiger partial charge in [-0.3, -0.25) is 9.59 Å². The highest BCUT2D eigenvalue weighted by atomic mass is 32.1. The maximum absolute atomic E-state index is 13.1. The molecule has 0 fully saturated rings. The Balaban J connectivity index is 1.86. The van der Waals surface area contributed by atoms with Gasteiger partial charge in [0.15, 0.2) is 5.84 Å². The number of thiol groups is 1. The molecule has 2 N–H and O–H groups in total. The summed E-state index contributed by atoms with van der Waals surface area (Å²) in [5.41, 5.74) is 2.19. The highest BCUT2D eigenvalue weighted by Gasteiger charge is 2.25. The summed E-state index contributed by atoms with van der Waals surface area (Å²) in [6.45, 7) is 4.22. The summed E-state index contributed by atoms with van der Waals surface area (Å²) in [7, 11) is 1.31. The maximum atomic E-state index is 13.1. The third-order valence-corrected chi connectivity index (χ3v) is 6.97. The van der Waals surface area contributed by atoms with Crippen LogP contribution in [0.25, 0.3) is 10.6 Å². The van der Waals surface area contributed by atoms with E-state index in [4.69, 9.17) is 4.74 Å². The summed E-state index contributed by atoms with van der Waals surface area (Å²) >= 11 is 5.99. The number of nitrogens with zero attached hydrogens (tertiary/aromatic N) is 2. The van der Waals surface area contributed by atoms with Crippen LogP contribution in [0.3, 0.4) is 0 Å². The number of benzene rings is 1. The van der Waals surface area contributed by atoms with Crippen molar-refractivity contribution in [2.45, 2.75) is 39.5 Å². The van der Waals surface area contributed by atoms with Crippen molar-refractivity contribution in [3.8, 4) is 0 Å². The molecule has 0 atom stereocenters. The summed E-state index contributed by atoms with van der Waals surface area (Å²) in [5, 5.41) is 8.43. The Kier molecular flexibility index (Phi) is 6.66. The van der Waals surface area contributed by atoms with E-state index in [0.717, 1.165) is 15.9 Å². The molecule has 0 radical (unpaired) electrons. The van der Waals surface area contributed by atoms with Crippen LogP contribution in [0, 0.1) is 6.92 Å². The number of ketones is 1. The number of hydrogen-bond donors (Lipinski definition) is 3. The minimum atomic E-state index is -0.502. The molecule has 4 rings (SSSR count). The standard InChI is InChI=1S/C23H24N4O4S2/c1-4-15-20(33-11(2)25-15)22(29)27-21-19-18-14(17(32)6-5-13(28)7-8-24-19)9-12(23(30)31-3)10-16(18)26-21/h9-10,24,32H,4-8H2,1-3H3,(H,26,27,29)/b17-14-. The molecule has 172 valence electrons. The number of amides is 1. The van der Waals surface area contributed by atoms with Crippen LogP contribution in [0.5, 0.6) is 0 Å². The number of carbonyl (C=O) groups excluding carboxylic acids is 3. The third kappa shape index (κ3) is 4.58. The van der Waals surface area contributed by atoms with Crippen LogP contribution in [0.15, 0.2) is 17.1 Å². The average molecular weight is 485 g/mol. The van der Waals surface area contributed by atoms with Crippen LogP contribution in [0.1, 0.15) is 56.9 Å². The smallest absolute Gasteiger partial charge is 0.337 e. The monoisotopic (exact) mass is 484 g/mol. The molecule has 0 saturated carbocycles. The lowest BCUT2D eigenvalue weighted by Gasteiger charge is -2.13. The summed E-state index contributed by atoms with van der Waals surface area (Å²) in [6.07, 6.45) is 1.81. The predicted molar refractivity (Wildman–Crippen MR) is 130 cm³/mol. The van der Waals surface area contributed by atoms with Crippen LogP contribution in [-0.4, -0.2) is 42.1 Å². The zero-order chi connectivity index (χ0) is 23.7. The number of esters is 1. The maximum Gasteiger partial charge on any atom is 0.337 e. The van der Waals surface area contributed by atoms with E-state index in [1.54, 1.807) is 12.1 Å². The van der Waals surface area contributed by atoms with Gasteiger partial charge in [0, 0.05) is 24.6 Å². The summed E-state index contributed by atoms with van der Waals surface area (Å²) < 4.78 is 4.90. The number of rotatable bonds is 3. The Bertz CT molecular complexity index is 1330. The fraction of sp³-hybridized carbons (Fsp3) is 0.348. The zero-order valence-corrected chi connectivity index (χ0v) is 20.3. The Morgan fingerprint density at radius 1 is 1.27 bits per heavy atom. The molecule has 0 unspecified atom stereocenters. The molecule has 33 heavy (non-hydrogen) atoms. The van der Waals surface area contributed by atoms with Gasteiger partial charge in [-0.2, -0.15) is 0 Å². The highest BCUT2D eigenvalue weighted by molar-refractivity contribution is 7.90. The van der Waals surface area contributed by atoms with E-state index in [2.05, 4.69) is 33.2 Å². The first-order valence-electron chi connectivity index (χ1n) is 10.6. The molecule has 8 nitrogen and oxygen atoms in total. The van der Waals surface area contributed by atoms with E-state index in [1.807, 2.05) is 13.8 Å². The SMILES string of the molecule is CCc1nc(C)sc1C(=O)NC1=Nc2cc(C(=O)OC)c/c3c2=C1NCCC(=O)CC/C=3S. The van der Waals surface area contributed by atoms with Crippen LogP contribution >= 0.6 is 24.0 Å². The molecule has 0 aliphatic carbocycles. The van der Waals surface area contributed by atoms with Gasteiger partial charge in [-0.1, -0.05) is 6.92 Å². The largest absolute Gasteiger partial charge is 0.465 e. The van der Waals surface area contributed by atoms with Crippen LogP contribution in [0.2, 0.25) is 0 Å². The lowest BCUT2D eigenvalue weighted by atomic mass is 10.0. The Morgan fingerprint density at radius 3 is 2.79 bits per heavy atom. The number of carbonyl (C=O) groups is 3. The van der Waals surface area contributed by atoms with Gasteiger partial charge in [0.25, 0.3) is 5.91 Å². The molecule has 0 saturated heterocycles. The minimum Gasteiger partial charge on any atom is -0.465 e. The quantitative estimate of drug-likeness (QED) is 0.453. The summed E-state index contributed by atoms with van der Waals surface area (Å²) in [6, 6.07) is 3.33. The highest BCUT2D eigenvalue weighted by Crippen LogP contribution is 2.21. The minimum absolute atomic E-state index is 0.107. The molecule has 2 aliphatic rings. The topological polar surface area (TPSA) is 110 Å². The second-order valence-corrected chi connectivity index (χ2v) is 9.47. The molecule has 0 spiro atoms. The third-order valence-electron chi connectivity index (χ3n) is 5.49. The van der Waals surface area contributed by atoms with Gasteiger partial charge < -0.3 is 15.4 Å². The first-order chi connectivity index (χ1) is 15.8. The number of thiazole rings is 1. The number of Topliss-reactive ketones (excluding diaryl/α,β-unsaturated/α-hetero) is 1. The van der Waals surface area contributed by atoms with Gasteiger partial charge in [0.2, 0.25) is 0 Å². The second-order valence-electron chi connectivity index (χ2n) is 7.72. The van der Waals surface area contributed by atoms with Crippen molar-refractivity contribution in [1.29, 1.82) is 0 Å². The van der Waals surface area contributed by atoms with Crippen molar-refractivity contribution in [3.05, 3.63) is 43.7 Å². The van der Waals surface area contributed by atoms with E-state index >= 15 is 0 Å². The van der Waals surface area contributed by atoms with Crippen molar-refractivity contribution in [3.63, 3.8) is 0 Å². The number of aryl methyl sites for hydroxylation is 2. The van der Waals surface area contributed by atoms with E-state index in [1.165, 1.54) is 18.4 Å². The van der Waals surface area contributed by atoms with Gasteiger partial charge in [-0.05, 0) is 42.0 Å². The van der Waals surface area contributed by atoms with Crippen molar-refractivity contribution < 1.29 is 19.1 Å². The first-order valence-corrected chi connectivity index (χ1v) is 11.9. The van der Waals surface area contributed by atoms with E-state index in [9.17, 15) is 14.4 Å². The number of aliphatic imine (C=N–C) groups is 1. The lowest BCUT2D eigenvalue weighted by Crippen LogP contribution is -2.40.